The highest BCUT2D eigenvalue weighted by Crippen LogP contribution is 2.26. The van der Waals surface area contributed by atoms with Crippen molar-refractivity contribution in [3.63, 3.8) is 0 Å². The quantitative estimate of drug-likeness (QED) is 0.511. The molecule has 30 heavy (non-hydrogen) atoms. The Bertz CT molecular complexity index is 891. The molecular weight excluding hydrogens is 428 g/mol. The number of nitrogens with zero attached hydrogens (tertiary/aromatic N) is 1. The Labute approximate surface area is 185 Å². The maximum absolute atomic E-state index is 14.3. The Kier molecular flexibility index (Phi) is 6.94. The Morgan fingerprint density at radius 2 is 1.67 bits per heavy atom. The summed E-state index contributed by atoms with van der Waals surface area (Å²) in [6.07, 6.45) is 3.70. The first-order chi connectivity index (χ1) is 14.5. The molecule has 0 unspecified atom stereocenters. The van der Waals surface area contributed by atoms with Crippen molar-refractivity contribution in [2.24, 2.45) is 0 Å². The summed E-state index contributed by atoms with van der Waals surface area (Å²) in [6, 6.07) is 10.2. The molecule has 1 saturated carbocycles. The minimum absolute atomic E-state index is 0.0128. The van der Waals surface area contributed by atoms with Crippen LogP contribution in [0, 0.1) is 5.82 Å². The molecule has 1 heterocycles. The SMILES string of the molecule is O=C(OC1CC1)c1ccc(CN2CCC(OCc3cc(Cl)cc(Cl)c3)CC2)cc1F. The van der Waals surface area contributed by atoms with E-state index in [1.807, 2.05) is 12.1 Å². The van der Waals surface area contributed by atoms with Gasteiger partial charge >= 0.3 is 5.97 Å². The molecule has 1 saturated heterocycles. The number of hydrogen-bond donors (Lipinski definition) is 0. The second-order valence-electron chi connectivity index (χ2n) is 7.98. The molecule has 0 N–H and O–H groups in total. The molecule has 2 aromatic carbocycles. The molecule has 0 spiro atoms. The summed E-state index contributed by atoms with van der Waals surface area (Å²) in [4.78, 5) is 14.2. The molecule has 2 aliphatic rings. The third-order valence-electron chi connectivity index (χ3n) is 5.40. The molecule has 1 aliphatic heterocycles. The first kappa shape index (κ1) is 21.6. The van der Waals surface area contributed by atoms with Gasteiger partial charge in [-0.1, -0.05) is 29.3 Å². The van der Waals surface area contributed by atoms with E-state index in [4.69, 9.17) is 32.7 Å². The number of hydrogen-bond acceptors (Lipinski definition) is 4. The normalized spacial score (nSPS) is 17.8. The first-order valence-electron chi connectivity index (χ1n) is 10.2. The minimum Gasteiger partial charge on any atom is -0.459 e. The van der Waals surface area contributed by atoms with Crippen LogP contribution in [-0.4, -0.2) is 36.2 Å². The van der Waals surface area contributed by atoms with Gasteiger partial charge in [0.05, 0.1) is 18.3 Å². The average molecular weight is 452 g/mol. The molecule has 2 fully saturated rings. The van der Waals surface area contributed by atoms with Crippen LogP contribution in [0.15, 0.2) is 36.4 Å². The summed E-state index contributed by atoms with van der Waals surface area (Å²) in [6.45, 7) is 2.86. The van der Waals surface area contributed by atoms with Crippen LogP contribution in [0.5, 0.6) is 0 Å². The molecule has 0 aromatic heterocycles. The van der Waals surface area contributed by atoms with Crippen LogP contribution >= 0.6 is 23.2 Å². The summed E-state index contributed by atoms with van der Waals surface area (Å²) in [5, 5.41) is 1.21. The number of esters is 1. The molecule has 0 amide bonds. The van der Waals surface area contributed by atoms with Crippen molar-refractivity contribution in [3.8, 4) is 0 Å². The van der Waals surface area contributed by atoms with Gasteiger partial charge in [-0.25, -0.2) is 9.18 Å². The Balaban J connectivity index is 1.24. The summed E-state index contributed by atoms with van der Waals surface area (Å²) in [5.41, 5.74) is 1.83. The zero-order valence-corrected chi connectivity index (χ0v) is 18.1. The lowest BCUT2D eigenvalue weighted by Gasteiger charge is -2.32. The number of ether oxygens (including phenoxy) is 2. The van der Waals surface area contributed by atoms with E-state index >= 15 is 0 Å². The molecule has 2 aromatic rings. The van der Waals surface area contributed by atoms with Crippen molar-refractivity contribution in [2.75, 3.05) is 13.1 Å². The van der Waals surface area contributed by atoms with Crippen LogP contribution in [0.3, 0.4) is 0 Å². The molecule has 0 radical (unpaired) electrons. The van der Waals surface area contributed by atoms with Gasteiger partial charge < -0.3 is 9.47 Å². The number of likely N-dealkylation sites (tertiary alicyclic amines) is 1. The van der Waals surface area contributed by atoms with Gasteiger partial charge in [-0.2, -0.15) is 0 Å². The fourth-order valence-electron chi connectivity index (χ4n) is 3.62. The minimum atomic E-state index is -0.569. The molecule has 4 nitrogen and oxygen atoms in total. The van der Waals surface area contributed by atoms with E-state index < -0.39 is 11.8 Å². The van der Waals surface area contributed by atoms with Crippen LogP contribution < -0.4 is 0 Å². The zero-order valence-electron chi connectivity index (χ0n) is 16.6. The predicted octanol–water partition coefficient (Wildman–Crippen LogP) is 5.63. The van der Waals surface area contributed by atoms with Gasteiger partial charge in [-0.05, 0) is 67.1 Å². The molecule has 1 aliphatic carbocycles. The lowest BCUT2D eigenvalue weighted by molar-refractivity contribution is -0.00395. The Morgan fingerprint density at radius 3 is 2.30 bits per heavy atom. The van der Waals surface area contributed by atoms with Crippen LogP contribution in [0.4, 0.5) is 4.39 Å². The summed E-state index contributed by atoms with van der Waals surface area (Å²) in [5.74, 6) is -1.09. The molecule has 4 rings (SSSR count). The van der Waals surface area contributed by atoms with Crippen molar-refractivity contribution in [3.05, 3.63) is 69.0 Å². The topological polar surface area (TPSA) is 38.8 Å². The van der Waals surface area contributed by atoms with E-state index in [1.165, 1.54) is 12.1 Å². The molecule has 0 bridgehead atoms. The monoisotopic (exact) mass is 451 g/mol. The summed E-state index contributed by atoms with van der Waals surface area (Å²) < 4.78 is 25.5. The van der Waals surface area contributed by atoms with E-state index in [2.05, 4.69) is 4.90 Å². The van der Waals surface area contributed by atoms with Crippen LogP contribution in [0.1, 0.15) is 47.2 Å². The molecular formula is C23H24Cl2FNO3. The lowest BCUT2D eigenvalue weighted by Crippen LogP contribution is -2.36. The summed E-state index contributed by atoms with van der Waals surface area (Å²) >= 11 is 12.1. The largest absolute Gasteiger partial charge is 0.459 e. The molecule has 7 heteroatoms. The summed E-state index contributed by atoms with van der Waals surface area (Å²) in [7, 11) is 0. The Morgan fingerprint density at radius 1 is 0.967 bits per heavy atom. The molecule has 0 atom stereocenters. The van der Waals surface area contributed by atoms with Crippen LogP contribution in [0.2, 0.25) is 10.0 Å². The maximum atomic E-state index is 14.3. The van der Waals surface area contributed by atoms with E-state index in [0.717, 1.165) is 49.9 Å². The number of halogens is 3. The Hall–Kier alpha value is -1.66. The lowest BCUT2D eigenvalue weighted by atomic mass is 10.1. The van der Waals surface area contributed by atoms with E-state index in [9.17, 15) is 9.18 Å². The first-order valence-corrected chi connectivity index (χ1v) is 11.0. The van der Waals surface area contributed by atoms with E-state index in [-0.39, 0.29) is 17.8 Å². The van der Waals surface area contributed by atoms with Gasteiger partial charge in [0, 0.05) is 29.7 Å². The molecule has 160 valence electrons. The van der Waals surface area contributed by atoms with Crippen molar-refractivity contribution < 1.29 is 18.7 Å². The van der Waals surface area contributed by atoms with E-state index in [1.54, 1.807) is 12.1 Å². The van der Waals surface area contributed by atoms with Gasteiger partial charge in [-0.15, -0.1) is 0 Å². The van der Waals surface area contributed by atoms with Crippen molar-refractivity contribution >= 4 is 29.2 Å². The van der Waals surface area contributed by atoms with Crippen molar-refractivity contribution in [2.45, 2.75) is 51.0 Å². The average Bonchev–Trinajstić information content (AvgIpc) is 3.51. The van der Waals surface area contributed by atoms with Crippen LogP contribution in [0.25, 0.3) is 0 Å². The maximum Gasteiger partial charge on any atom is 0.341 e. The highest BCUT2D eigenvalue weighted by molar-refractivity contribution is 6.34. The van der Waals surface area contributed by atoms with Gasteiger partial charge in [0.2, 0.25) is 0 Å². The highest BCUT2D eigenvalue weighted by Gasteiger charge is 2.28. The smallest absolute Gasteiger partial charge is 0.341 e. The second kappa shape index (κ2) is 9.65. The highest BCUT2D eigenvalue weighted by atomic mass is 35.5. The number of piperidine rings is 1. The standard InChI is InChI=1S/C23H24Cl2FNO3/c24-17-9-16(10-18(25)12-17)14-29-19-5-7-27(8-6-19)13-15-1-4-21(22(26)11-15)23(28)30-20-2-3-20/h1,4,9-12,19-20H,2-3,5-8,13-14H2. The number of carbonyl (C=O) groups is 1. The van der Waals surface area contributed by atoms with E-state index in [0.29, 0.717) is 23.2 Å². The number of rotatable bonds is 7. The van der Waals surface area contributed by atoms with Gasteiger partial charge in [0.25, 0.3) is 0 Å². The second-order valence-corrected chi connectivity index (χ2v) is 8.86. The van der Waals surface area contributed by atoms with Crippen molar-refractivity contribution in [1.29, 1.82) is 0 Å². The number of carbonyl (C=O) groups excluding carboxylic acids is 1. The third-order valence-corrected chi connectivity index (χ3v) is 5.84. The van der Waals surface area contributed by atoms with Crippen molar-refractivity contribution in [1.82, 2.24) is 4.90 Å². The predicted molar refractivity (Wildman–Crippen MR) is 114 cm³/mol. The van der Waals surface area contributed by atoms with Crippen LogP contribution in [-0.2, 0) is 22.6 Å². The van der Waals surface area contributed by atoms with Gasteiger partial charge in [-0.3, -0.25) is 4.90 Å². The van der Waals surface area contributed by atoms with Gasteiger partial charge in [0.15, 0.2) is 0 Å². The number of benzene rings is 2. The van der Waals surface area contributed by atoms with Gasteiger partial charge in [0.1, 0.15) is 11.9 Å². The fraction of sp³-hybridized carbons (Fsp3) is 0.435. The zero-order chi connectivity index (χ0) is 21.1. The fourth-order valence-corrected chi connectivity index (χ4v) is 4.20. The third kappa shape index (κ3) is 5.94.